The Morgan fingerprint density at radius 2 is 2.20 bits per heavy atom. The zero-order valence-electron chi connectivity index (χ0n) is 17.2. The summed E-state index contributed by atoms with van der Waals surface area (Å²) in [4.78, 5) is 27.5. The van der Waals surface area contributed by atoms with Crippen LogP contribution in [-0.2, 0) is 9.53 Å². The average molecular weight is 429 g/mol. The van der Waals surface area contributed by atoms with E-state index in [9.17, 15) is 9.59 Å². The fourth-order valence-corrected chi connectivity index (χ4v) is 4.31. The van der Waals surface area contributed by atoms with Gasteiger partial charge in [-0.3, -0.25) is 9.59 Å². The molecule has 0 saturated carbocycles. The van der Waals surface area contributed by atoms with E-state index in [0.29, 0.717) is 29.3 Å². The van der Waals surface area contributed by atoms with Crippen LogP contribution in [-0.4, -0.2) is 40.1 Å². The summed E-state index contributed by atoms with van der Waals surface area (Å²) < 4.78 is 12.2. The zero-order chi connectivity index (χ0) is 21.3. The van der Waals surface area contributed by atoms with Crippen molar-refractivity contribution in [1.82, 2.24) is 20.3 Å². The van der Waals surface area contributed by atoms with E-state index in [1.807, 2.05) is 26.0 Å². The number of carbonyl (C=O) groups excluding carboxylic acids is 1. The van der Waals surface area contributed by atoms with Gasteiger partial charge in [0.15, 0.2) is 5.76 Å². The highest BCUT2D eigenvalue weighted by molar-refractivity contribution is 7.15. The molecule has 1 fully saturated rings. The van der Waals surface area contributed by atoms with Crippen LogP contribution in [0.15, 0.2) is 33.6 Å². The summed E-state index contributed by atoms with van der Waals surface area (Å²) in [7, 11) is 0. The van der Waals surface area contributed by atoms with Crippen LogP contribution in [0.25, 0.3) is 21.9 Å². The number of ether oxygens (including phenoxy) is 1. The number of hydrogen-bond donors (Lipinski definition) is 1. The van der Waals surface area contributed by atoms with Crippen molar-refractivity contribution < 1.29 is 14.1 Å². The Hall–Kier alpha value is -2.78. The van der Waals surface area contributed by atoms with Gasteiger partial charge in [-0.15, -0.1) is 11.3 Å². The number of thiophene rings is 1. The van der Waals surface area contributed by atoms with Crippen molar-refractivity contribution in [3.8, 4) is 21.9 Å². The molecule has 0 bridgehead atoms. The van der Waals surface area contributed by atoms with Gasteiger partial charge in [0.25, 0.3) is 5.56 Å². The lowest BCUT2D eigenvalue weighted by atomic mass is 10.1. The van der Waals surface area contributed by atoms with Crippen molar-refractivity contribution in [3.05, 3.63) is 45.2 Å². The third-order valence-electron chi connectivity index (χ3n) is 5.10. The van der Waals surface area contributed by atoms with Crippen molar-refractivity contribution in [2.75, 3.05) is 13.2 Å². The average Bonchev–Trinajstić information content (AvgIpc) is 3.48. The van der Waals surface area contributed by atoms with Gasteiger partial charge >= 0.3 is 0 Å². The molecule has 0 aromatic carbocycles. The van der Waals surface area contributed by atoms with E-state index in [1.165, 1.54) is 10.7 Å². The molecule has 2 atom stereocenters. The minimum absolute atomic E-state index is 0.0348. The third-order valence-corrected chi connectivity index (χ3v) is 6.11. The molecular weight excluding hydrogens is 404 g/mol. The van der Waals surface area contributed by atoms with Crippen molar-refractivity contribution in [3.63, 3.8) is 0 Å². The van der Waals surface area contributed by atoms with Gasteiger partial charge in [-0.25, -0.2) is 4.68 Å². The topological polar surface area (TPSA) is 99.2 Å². The largest absolute Gasteiger partial charge is 0.376 e. The predicted molar refractivity (Wildman–Crippen MR) is 113 cm³/mol. The molecule has 158 valence electrons. The second-order valence-electron chi connectivity index (χ2n) is 7.49. The maximum absolute atomic E-state index is 12.9. The lowest BCUT2D eigenvalue weighted by Crippen LogP contribution is -2.40. The van der Waals surface area contributed by atoms with E-state index in [0.717, 1.165) is 29.2 Å². The molecule has 3 aromatic heterocycles. The van der Waals surface area contributed by atoms with Crippen LogP contribution in [0.5, 0.6) is 0 Å². The normalized spacial score (nSPS) is 17.2. The van der Waals surface area contributed by atoms with Crippen LogP contribution in [0, 0.1) is 13.8 Å². The standard InChI is InChI=1S/C21H24N4O4S/c1-12-9-17(29-24-12)16-10-19(26)25(23-20(16)18-7-6-13(2)30-18)14(3)21(27)22-11-15-5-4-8-28-15/h6-7,9-10,14-15H,4-5,8,11H2,1-3H3,(H,22,27)/t14-,15+/m0/s1. The summed E-state index contributed by atoms with van der Waals surface area (Å²) in [6.07, 6.45) is 1.97. The second kappa shape index (κ2) is 8.53. The Balaban J connectivity index is 1.68. The van der Waals surface area contributed by atoms with E-state index < -0.39 is 6.04 Å². The molecule has 3 aromatic rings. The molecule has 1 amide bonds. The molecule has 1 N–H and O–H groups in total. The summed E-state index contributed by atoms with van der Waals surface area (Å²) in [5.74, 6) is 0.206. The van der Waals surface area contributed by atoms with E-state index in [-0.39, 0.29) is 17.6 Å². The number of rotatable bonds is 6. The highest BCUT2D eigenvalue weighted by Gasteiger charge is 2.24. The second-order valence-corrected chi connectivity index (χ2v) is 8.78. The van der Waals surface area contributed by atoms with Crippen molar-refractivity contribution >= 4 is 17.2 Å². The maximum Gasteiger partial charge on any atom is 0.268 e. The van der Waals surface area contributed by atoms with Gasteiger partial charge in [0.2, 0.25) is 5.91 Å². The lowest BCUT2D eigenvalue weighted by Gasteiger charge is -2.17. The van der Waals surface area contributed by atoms with Gasteiger partial charge in [0.1, 0.15) is 11.7 Å². The van der Waals surface area contributed by atoms with Gasteiger partial charge in [0, 0.05) is 30.2 Å². The van der Waals surface area contributed by atoms with Crippen molar-refractivity contribution in [2.45, 2.75) is 45.8 Å². The van der Waals surface area contributed by atoms with Gasteiger partial charge in [-0.05, 0) is 45.7 Å². The third kappa shape index (κ3) is 4.22. The molecule has 0 spiro atoms. The first-order chi connectivity index (χ1) is 14.4. The minimum atomic E-state index is -0.760. The Morgan fingerprint density at radius 3 is 2.83 bits per heavy atom. The first kappa shape index (κ1) is 20.5. The van der Waals surface area contributed by atoms with E-state index in [2.05, 4.69) is 15.6 Å². The van der Waals surface area contributed by atoms with Crippen LogP contribution >= 0.6 is 11.3 Å². The highest BCUT2D eigenvalue weighted by atomic mass is 32.1. The van der Waals surface area contributed by atoms with Crippen LogP contribution in [0.2, 0.25) is 0 Å². The molecule has 0 unspecified atom stereocenters. The molecular formula is C21H24N4O4S. The van der Waals surface area contributed by atoms with Crippen molar-refractivity contribution in [2.24, 2.45) is 0 Å². The molecule has 1 saturated heterocycles. The number of nitrogens with one attached hydrogen (secondary N) is 1. The highest BCUT2D eigenvalue weighted by Crippen LogP contribution is 2.34. The first-order valence-corrected chi connectivity index (χ1v) is 10.8. The molecule has 9 heteroatoms. The molecule has 1 aliphatic rings. The summed E-state index contributed by atoms with van der Waals surface area (Å²) in [5, 5.41) is 11.4. The van der Waals surface area contributed by atoms with Crippen LogP contribution in [0.3, 0.4) is 0 Å². The van der Waals surface area contributed by atoms with Gasteiger partial charge in [-0.1, -0.05) is 5.16 Å². The lowest BCUT2D eigenvalue weighted by molar-refractivity contribution is -0.124. The molecule has 0 radical (unpaired) electrons. The van der Waals surface area contributed by atoms with E-state index in [1.54, 1.807) is 24.3 Å². The minimum Gasteiger partial charge on any atom is -0.376 e. The fourth-order valence-electron chi connectivity index (χ4n) is 3.45. The first-order valence-electron chi connectivity index (χ1n) is 9.96. The number of aryl methyl sites for hydroxylation is 2. The fraction of sp³-hybridized carbons (Fsp3) is 0.429. The Labute approximate surface area is 177 Å². The molecule has 0 aliphatic carbocycles. The maximum atomic E-state index is 12.9. The Morgan fingerprint density at radius 1 is 1.37 bits per heavy atom. The van der Waals surface area contributed by atoms with Crippen LogP contribution in [0.4, 0.5) is 0 Å². The summed E-state index contributed by atoms with van der Waals surface area (Å²) in [5.41, 5.74) is 1.48. The Kier molecular flexibility index (Phi) is 5.83. The summed E-state index contributed by atoms with van der Waals surface area (Å²) >= 11 is 1.56. The van der Waals surface area contributed by atoms with Gasteiger partial charge < -0.3 is 14.6 Å². The smallest absolute Gasteiger partial charge is 0.268 e. The number of carbonyl (C=O) groups is 1. The summed E-state index contributed by atoms with van der Waals surface area (Å²) in [6.45, 7) is 6.65. The van der Waals surface area contributed by atoms with Crippen LogP contribution < -0.4 is 10.9 Å². The monoisotopic (exact) mass is 428 g/mol. The molecule has 30 heavy (non-hydrogen) atoms. The molecule has 4 heterocycles. The van der Waals surface area contributed by atoms with E-state index in [4.69, 9.17) is 9.26 Å². The molecule has 1 aliphatic heterocycles. The molecule has 4 rings (SSSR count). The number of amides is 1. The summed E-state index contributed by atoms with van der Waals surface area (Å²) in [6, 6.07) is 6.41. The number of nitrogens with zero attached hydrogens (tertiary/aromatic N) is 3. The number of aromatic nitrogens is 3. The Bertz CT molecular complexity index is 1110. The van der Waals surface area contributed by atoms with Crippen molar-refractivity contribution in [1.29, 1.82) is 0 Å². The van der Waals surface area contributed by atoms with Gasteiger partial charge in [-0.2, -0.15) is 5.10 Å². The zero-order valence-corrected chi connectivity index (χ0v) is 18.0. The molecule has 8 nitrogen and oxygen atoms in total. The quantitative estimate of drug-likeness (QED) is 0.648. The SMILES string of the molecule is Cc1cc(-c2cc(=O)n([C@@H](C)C(=O)NC[C@H]3CCCO3)nc2-c2ccc(C)s2)on1. The van der Waals surface area contributed by atoms with E-state index >= 15 is 0 Å². The predicted octanol–water partition coefficient (Wildman–Crippen LogP) is 3.10. The van der Waals surface area contributed by atoms with Crippen LogP contribution in [0.1, 0.15) is 36.4 Å². The number of hydrogen-bond acceptors (Lipinski definition) is 7. The van der Waals surface area contributed by atoms with Gasteiger partial charge in [0.05, 0.1) is 22.2 Å².